The molecule has 2 N–H and O–H groups in total. The number of hydrogen-bond donors (Lipinski definition) is 2. The molecule has 2 rings (SSSR count). The van der Waals surface area contributed by atoms with E-state index in [2.05, 4.69) is 29.4 Å². The Kier molecular flexibility index (Phi) is 9.25. The lowest BCUT2D eigenvalue weighted by Crippen LogP contribution is -2.44. The summed E-state index contributed by atoms with van der Waals surface area (Å²) in [5.74, 6) is 3.05. The first-order chi connectivity index (χ1) is 13.2. The number of nitrogens with one attached hydrogen (secondary N) is 2. The average Bonchev–Trinajstić information content (AvgIpc) is 2.70. The van der Waals surface area contributed by atoms with Gasteiger partial charge in [0.25, 0.3) is 0 Å². The minimum Gasteiger partial charge on any atom is -0.493 e. The van der Waals surface area contributed by atoms with Crippen LogP contribution in [-0.4, -0.2) is 63.3 Å². The number of likely N-dealkylation sites (tertiary alicyclic amines) is 1. The zero-order valence-electron chi connectivity index (χ0n) is 17.3. The normalized spacial score (nSPS) is 19.4. The van der Waals surface area contributed by atoms with Gasteiger partial charge in [0.15, 0.2) is 17.5 Å². The molecule has 1 heterocycles. The summed E-state index contributed by atoms with van der Waals surface area (Å²) in [5.41, 5.74) is 0. The highest BCUT2D eigenvalue weighted by Crippen LogP contribution is 2.26. The summed E-state index contributed by atoms with van der Waals surface area (Å²) in [6.45, 7) is 12.3. The molecule has 1 saturated heterocycles. The molecule has 0 aliphatic carbocycles. The van der Waals surface area contributed by atoms with Gasteiger partial charge in [0, 0.05) is 19.6 Å². The van der Waals surface area contributed by atoms with Crippen LogP contribution in [-0.2, 0) is 0 Å². The van der Waals surface area contributed by atoms with Crippen molar-refractivity contribution in [1.29, 1.82) is 0 Å². The summed E-state index contributed by atoms with van der Waals surface area (Å²) >= 11 is 0. The van der Waals surface area contributed by atoms with Crippen LogP contribution in [0.15, 0.2) is 29.3 Å². The fourth-order valence-corrected chi connectivity index (χ4v) is 3.38. The number of guanidine groups is 1. The number of methoxy groups -OCH3 is 1. The summed E-state index contributed by atoms with van der Waals surface area (Å²) in [6.07, 6.45) is 2.54. The van der Waals surface area contributed by atoms with Crippen LogP contribution in [0.4, 0.5) is 0 Å². The van der Waals surface area contributed by atoms with Crippen LogP contribution in [0.3, 0.4) is 0 Å². The topological polar surface area (TPSA) is 58.1 Å². The predicted octanol–water partition coefficient (Wildman–Crippen LogP) is 2.75. The van der Waals surface area contributed by atoms with Crippen molar-refractivity contribution in [1.82, 2.24) is 15.5 Å². The minimum absolute atomic E-state index is 0.0398. The molecule has 1 aromatic rings. The molecule has 1 aromatic carbocycles. The van der Waals surface area contributed by atoms with E-state index < -0.39 is 0 Å². The smallest absolute Gasteiger partial charge is 0.191 e. The van der Waals surface area contributed by atoms with E-state index in [1.165, 1.54) is 25.9 Å². The monoisotopic (exact) mass is 376 g/mol. The van der Waals surface area contributed by atoms with E-state index in [1.54, 1.807) is 7.11 Å². The van der Waals surface area contributed by atoms with E-state index in [4.69, 9.17) is 14.5 Å². The Morgan fingerprint density at radius 1 is 1.26 bits per heavy atom. The van der Waals surface area contributed by atoms with Gasteiger partial charge < -0.3 is 25.0 Å². The molecule has 0 saturated carbocycles. The van der Waals surface area contributed by atoms with Crippen molar-refractivity contribution in [2.24, 2.45) is 10.9 Å². The second kappa shape index (κ2) is 11.7. The molecule has 2 unspecified atom stereocenters. The van der Waals surface area contributed by atoms with Crippen molar-refractivity contribution in [2.75, 3.05) is 46.4 Å². The molecule has 0 aromatic heterocycles. The molecule has 0 bridgehead atoms. The summed E-state index contributed by atoms with van der Waals surface area (Å²) in [6, 6.07) is 7.71. The first-order valence-corrected chi connectivity index (χ1v) is 10.2. The lowest BCUT2D eigenvalue weighted by Gasteiger charge is -2.32. The second-order valence-corrected chi connectivity index (χ2v) is 7.08. The summed E-state index contributed by atoms with van der Waals surface area (Å²) in [4.78, 5) is 7.23. The first kappa shape index (κ1) is 21.4. The van der Waals surface area contributed by atoms with Crippen LogP contribution in [0.25, 0.3) is 0 Å². The summed E-state index contributed by atoms with van der Waals surface area (Å²) in [5, 5.41) is 6.84. The molecule has 0 spiro atoms. The lowest BCUT2D eigenvalue weighted by molar-refractivity contribution is 0.183. The zero-order chi connectivity index (χ0) is 19.5. The highest BCUT2D eigenvalue weighted by Gasteiger charge is 2.18. The molecular formula is C21H36N4O2. The fourth-order valence-electron chi connectivity index (χ4n) is 3.38. The van der Waals surface area contributed by atoms with Crippen LogP contribution in [0.2, 0.25) is 0 Å². The fraction of sp³-hybridized carbons (Fsp3) is 0.667. The zero-order valence-corrected chi connectivity index (χ0v) is 17.3. The Hall–Kier alpha value is -1.95. The van der Waals surface area contributed by atoms with Gasteiger partial charge in [0.2, 0.25) is 0 Å². The molecule has 27 heavy (non-hydrogen) atoms. The minimum atomic E-state index is -0.0398. The molecule has 1 aliphatic rings. The molecule has 6 heteroatoms. The van der Waals surface area contributed by atoms with Gasteiger partial charge >= 0.3 is 0 Å². The van der Waals surface area contributed by atoms with Crippen molar-refractivity contribution in [3.8, 4) is 11.5 Å². The van der Waals surface area contributed by atoms with Gasteiger partial charge in [-0.15, -0.1) is 0 Å². The van der Waals surface area contributed by atoms with E-state index in [-0.39, 0.29) is 6.10 Å². The first-order valence-electron chi connectivity index (χ1n) is 10.2. The third kappa shape index (κ3) is 7.29. The van der Waals surface area contributed by atoms with Crippen molar-refractivity contribution in [3.63, 3.8) is 0 Å². The summed E-state index contributed by atoms with van der Waals surface area (Å²) in [7, 11) is 1.66. The Morgan fingerprint density at radius 3 is 2.74 bits per heavy atom. The molecule has 152 valence electrons. The quantitative estimate of drug-likeness (QED) is 0.513. The molecular weight excluding hydrogens is 340 g/mol. The number of benzene rings is 1. The van der Waals surface area contributed by atoms with Crippen molar-refractivity contribution in [3.05, 3.63) is 24.3 Å². The molecule has 6 nitrogen and oxygen atoms in total. The lowest BCUT2D eigenvalue weighted by atomic mass is 9.98. The summed E-state index contributed by atoms with van der Waals surface area (Å²) < 4.78 is 11.3. The van der Waals surface area contributed by atoms with E-state index in [9.17, 15) is 0 Å². The van der Waals surface area contributed by atoms with E-state index in [1.807, 2.05) is 31.2 Å². The number of nitrogens with zero attached hydrogens (tertiary/aromatic N) is 2. The Bertz CT molecular complexity index is 579. The van der Waals surface area contributed by atoms with E-state index >= 15 is 0 Å². The predicted molar refractivity (Wildman–Crippen MR) is 112 cm³/mol. The van der Waals surface area contributed by atoms with E-state index in [0.717, 1.165) is 37.1 Å². The largest absolute Gasteiger partial charge is 0.493 e. The van der Waals surface area contributed by atoms with Gasteiger partial charge in [-0.1, -0.05) is 19.1 Å². The second-order valence-electron chi connectivity index (χ2n) is 7.08. The van der Waals surface area contributed by atoms with Gasteiger partial charge in [0.1, 0.15) is 6.10 Å². The number of aliphatic imine (C=N–C) groups is 1. The maximum absolute atomic E-state index is 5.99. The van der Waals surface area contributed by atoms with Crippen LogP contribution >= 0.6 is 0 Å². The maximum atomic E-state index is 5.99. The van der Waals surface area contributed by atoms with Crippen LogP contribution in [0.5, 0.6) is 11.5 Å². The average molecular weight is 377 g/mol. The third-order valence-corrected chi connectivity index (χ3v) is 4.86. The van der Waals surface area contributed by atoms with Gasteiger partial charge in [-0.25, -0.2) is 4.99 Å². The van der Waals surface area contributed by atoms with Crippen molar-refractivity contribution < 1.29 is 9.47 Å². The molecule has 0 amide bonds. The van der Waals surface area contributed by atoms with Crippen LogP contribution < -0.4 is 20.1 Å². The Balaban J connectivity index is 1.84. The number of rotatable bonds is 9. The van der Waals surface area contributed by atoms with Crippen molar-refractivity contribution >= 4 is 5.96 Å². The number of ether oxygens (including phenoxy) is 2. The maximum Gasteiger partial charge on any atom is 0.191 e. The van der Waals surface area contributed by atoms with E-state index in [0.29, 0.717) is 12.5 Å². The molecule has 1 aliphatic heterocycles. The SMILES string of the molecule is CCNC(=NCC(C)Oc1ccccc1OC)NCC1CCCN(CC)C1. The van der Waals surface area contributed by atoms with Crippen molar-refractivity contribution in [2.45, 2.75) is 39.7 Å². The number of para-hydroxylation sites is 2. The number of piperidine rings is 1. The van der Waals surface area contributed by atoms with Gasteiger partial charge in [-0.3, -0.25) is 0 Å². The Labute approximate surface area is 164 Å². The van der Waals surface area contributed by atoms with Gasteiger partial charge in [0.05, 0.1) is 13.7 Å². The highest BCUT2D eigenvalue weighted by atomic mass is 16.5. The molecule has 0 radical (unpaired) electrons. The van der Waals surface area contributed by atoms with Gasteiger partial charge in [-0.05, 0) is 57.8 Å². The van der Waals surface area contributed by atoms with Gasteiger partial charge in [-0.2, -0.15) is 0 Å². The third-order valence-electron chi connectivity index (χ3n) is 4.86. The number of hydrogen-bond acceptors (Lipinski definition) is 4. The molecule has 1 fully saturated rings. The molecule has 2 atom stereocenters. The highest BCUT2D eigenvalue weighted by molar-refractivity contribution is 5.79. The van der Waals surface area contributed by atoms with Crippen LogP contribution in [0, 0.1) is 5.92 Å². The Morgan fingerprint density at radius 2 is 2.04 bits per heavy atom. The standard InChI is InChI=1S/C21H36N4O2/c1-5-22-21(24-15-18-10-9-13-25(6-2)16-18)23-14-17(3)27-20-12-8-7-11-19(20)26-4/h7-8,11-12,17-18H,5-6,9-10,13-16H2,1-4H3,(H2,22,23,24). The van der Waals surface area contributed by atoms with Crippen LogP contribution in [0.1, 0.15) is 33.6 Å².